The summed E-state index contributed by atoms with van der Waals surface area (Å²) >= 11 is 1.27. The molecule has 0 radical (unpaired) electrons. The number of rotatable bonds is 12. The number of carbonyl (C=O) groups excluding carboxylic acids is 3. The number of methoxy groups -OCH3 is 1. The number of hydrogen-bond acceptors (Lipinski definition) is 7. The first kappa shape index (κ1) is 30.1. The number of hydrogen-bond donors (Lipinski definition) is 1. The molecule has 3 aromatic rings. The Hall–Kier alpha value is -3.86. The summed E-state index contributed by atoms with van der Waals surface area (Å²) in [5.74, 6) is -0.566. The summed E-state index contributed by atoms with van der Waals surface area (Å²) in [4.78, 5) is 48.8. The number of aromatic nitrogens is 1. The van der Waals surface area contributed by atoms with Gasteiger partial charge in [-0.1, -0.05) is 60.2 Å². The van der Waals surface area contributed by atoms with E-state index in [1.54, 1.807) is 24.6 Å². The molecule has 2 aromatic carbocycles. The summed E-state index contributed by atoms with van der Waals surface area (Å²) in [7, 11) is 1.55. The highest BCUT2D eigenvalue weighted by Gasteiger charge is 2.22. The van der Waals surface area contributed by atoms with Gasteiger partial charge in [0.1, 0.15) is 6.54 Å². The lowest BCUT2D eigenvalue weighted by atomic mass is 10.1. The molecule has 1 N–H and O–H groups in total. The molecule has 0 spiro atoms. The van der Waals surface area contributed by atoms with Crippen molar-refractivity contribution in [1.82, 2.24) is 19.7 Å². The van der Waals surface area contributed by atoms with E-state index < -0.39 is 0 Å². The summed E-state index contributed by atoms with van der Waals surface area (Å²) in [5.41, 5.74) is 3.36. The molecule has 10 heteroatoms. The molecule has 3 amide bonds. The van der Waals surface area contributed by atoms with Crippen LogP contribution in [-0.4, -0.2) is 96.9 Å². The van der Waals surface area contributed by atoms with Crippen molar-refractivity contribution in [3.05, 3.63) is 88.4 Å². The summed E-state index contributed by atoms with van der Waals surface area (Å²) in [6.07, 6.45) is 4.47. The van der Waals surface area contributed by atoms with E-state index in [0.29, 0.717) is 36.1 Å². The lowest BCUT2D eigenvalue weighted by Crippen LogP contribution is -2.49. The molecule has 4 rings (SSSR count). The first-order chi connectivity index (χ1) is 19.9. The molecule has 1 aromatic heterocycles. The van der Waals surface area contributed by atoms with Crippen molar-refractivity contribution >= 4 is 40.3 Å². The minimum Gasteiger partial charge on any atom is -0.383 e. The van der Waals surface area contributed by atoms with Crippen LogP contribution < -0.4 is 5.32 Å². The quantitative estimate of drug-likeness (QED) is 0.355. The van der Waals surface area contributed by atoms with Gasteiger partial charge in [-0.2, -0.15) is 0 Å². The average molecular weight is 576 g/mol. The van der Waals surface area contributed by atoms with E-state index in [-0.39, 0.29) is 37.2 Å². The Morgan fingerprint density at radius 2 is 1.78 bits per heavy atom. The predicted molar refractivity (Wildman–Crippen MR) is 162 cm³/mol. The molecular weight excluding hydrogens is 538 g/mol. The van der Waals surface area contributed by atoms with Gasteiger partial charge < -0.3 is 19.9 Å². The van der Waals surface area contributed by atoms with Crippen LogP contribution in [0.5, 0.6) is 0 Å². The first-order valence-corrected chi connectivity index (χ1v) is 14.6. The Morgan fingerprint density at radius 1 is 1.05 bits per heavy atom. The van der Waals surface area contributed by atoms with Crippen LogP contribution >= 0.6 is 11.3 Å². The molecule has 0 unspecified atom stereocenters. The van der Waals surface area contributed by atoms with Crippen molar-refractivity contribution in [2.75, 3.05) is 64.8 Å². The molecule has 1 saturated heterocycles. The zero-order chi connectivity index (χ0) is 29.0. The van der Waals surface area contributed by atoms with Crippen molar-refractivity contribution in [1.29, 1.82) is 0 Å². The fraction of sp³-hybridized carbons (Fsp3) is 0.355. The van der Waals surface area contributed by atoms with E-state index in [9.17, 15) is 14.4 Å². The van der Waals surface area contributed by atoms with E-state index in [2.05, 4.69) is 39.5 Å². The second kappa shape index (κ2) is 15.2. The summed E-state index contributed by atoms with van der Waals surface area (Å²) in [5, 5.41) is 4.97. The van der Waals surface area contributed by atoms with Crippen LogP contribution in [0.4, 0.5) is 5.13 Å². The minimum absolute atomic E-state index is 0.0297. The highest BCUT2D eigenvalue weighted by atomic mass is 32.1. The number of nitrogens with zero attached hydrogens (tertiary/aromatic N) is 4. The van der Waals surface area contributed by atoms with Crippen molar-refractivity contribution in [2.24, 2.45) is 0 Å². The monoisotopic (exact) mass is 575 g/mol. The summed E-state index contributed by atoms with van der Waals surface area (Å²) < 4.78 is 5.13. The molecule has 0 atom stereocenters. The molecule has 9 nitrogen and oxygen atoms in total. The van der Waals surface area contributed by atoms with Crippen LogP contribution in [0.1, 0.15) is 27.2 Å². The van der Waals surface area contributed by atoms with Crippen molar-refractivity contribution < 1.29 is 19.1 Å². The Balaban J connectivity index is 1.23. The number of aryl methyl sites for hydroxylation is 1. The van der Waals surface area contributed by atoms with Crippen LogP contribution in [0.25, 0.3) is 6.08 Å². The van der Waals surface area contributed by atoms with Crippen LogP contribution in [0, 0.1) is 6.92 Å². The van der Waals surface area contributed by atoms with Crippen LogP contribution in [0.2, 0.25) is 0 Å². The van der Waals surface area contributed by atoms with Crippen LogP contribution in [0.15, 0.2) is 66.1 Å². The maximum atomic E-state index is 13.0. The second-order valence-corrected chi connectivity index (χ2v) is 10.8. The van der Waals surface area contributed by atoms with Crippen molar-refractivity contribution in [3.63, 3.8) is 0 Å². The molecule has 216 valence electrons. The number of amides is 3. The van der Waals surface area contributed by atoms with Gasteiger partial charge in [0, 0.05) is 57.3 Å². The van der Waals surface area contributed by atoms with Gasteiger partial charge in [0.2, 0.25) is 11.8 Å². The van der Waals surface area contributed by atoms with Crippen molar-refractivity contribution in [2.45, 2.75) is 13.3 Å². The second-order valence-electron chi connectivity index (χ2n) is 9.95. The third-order valence-corrected chi connectivity index (χ3v) is 7.62. The number of ether oxygens (including phenoxy) is 1. The summed E-state index contributed by atoms with van der Waals surface area (Å²) in [6, 6.07) is 17.4. The first-order valence-electron chi connectivity index (χ1n) is 13.7. The van der Waals surface area contributed by atoms with Gasteiger partial charge in [-0.3, -0.25) is 19.3 Å². The Labute approximate surface area is 245 Å². The van der Waals surface area contributed by atoms with E-state index in [1.165, 1.54) is 21.8 Å². The van der Waals surface area contributed by atoms with Gasteiger partial charge in [-0.25, -0.2) is 4.98 Å². The number of thiazole rings is 1. The average Bonchev–Trinajstić information content (AvgIpc) is 3.42. The number of anilines is 1. The number of carbonyl (C=O) groups is 3. The Kier molecular flexibility index (Phi) is 11.2. The third kappa shape index (κ3) is 9.34. The van der Waals surface area contributed by atoms with E-state index in [1.807, 2.05) is 42.2 Å². The van der Waals surface area contributed by atoms with E-state index >= 15 is 0 Å². The number of piperazine rings is 1. The topological polar surface area (TPSA) is 95.1 Å². The SMILES string of the molecule is COCCN(CC(=O)Nc1nc(CC(=O)N2CCN(CC=Cc3ccccc3)CC2)cs1)C(=O)c1ccc(C)cc1. The largest absolute Gasteiger partial charge is 0.383 e. The van der Waals surface area contributed by atoms with Crippen LogP contribution in [0.3, 0.4) is 0 Å². The fourth-order valence-corrected chi connectivity index (χ4v) is 5.19. The minimum atomic E-state index is -0.355. The smallest absolute Gasteiger partial charge is 0.254 e. The maximum Gasteiger partial charge on any atom is 0.254 e. The zero-order valence-corrected chi connectivity index (χ0v) is 24.4. The van der Waals surface area contributed by atoms with Crippen LogP contribution in [-0.2, 0) is 20.7 Å². The lowest BCUT2D eigenvalue weighted by Gasteiger charge is -2.34. The molecule has 1 aliphatic rings. The highest BCUT2D eigenvalue weighted by molar-refractivity contribution is 7.13. The lowest BCUT2D eigenvalue weighted by molar-refractivity contribution is -0.132. The Bertz CT molecular complexity index is 1320. The van der Waals surface area contributed by atoms with Crippen molar-refractivity contribution in [3.8, 4) is 0 Å². The third-order valence-electron chi connectivity index (χ3n) is 6.81. The molecular formula is C31H37N5O4S. The molecule has 1 aliphatic heterocycles. The number of nitrogens with one attached hydrogen (secondary N) is 1. The molecule has 1 fully saturated rings. The number of benzene rings is 2. The zero-order valence-electron chi connectivity index (χ0n) is 23.6. The van der Waals surface area contributed by atoms with E-state index in [4.69, 9.17) is 4.74 Å². The fourth-order valence-electron chi connectivity index (χ4n) is 4.46. The van der Waals surface area contributed by atoms with Gasteiger partial charge in [-0.15, -0.1) is 11.3 Å². The highest BCUT2D eigenvalue weighted by Crippen LogP contribution is 2.17. The maximum absolute atomic E-state index is 13.0. The molecule has 41 heavy (non-hydrogen) atoms. The normalized spacial score (nSPS) is 13.9. The van der Waals surface area contributed by atoms with Gasteiger partial charge in [0.25, 0.3) is 5.91 Å². The van der Waals surface area contributed by atoms with Gasteiger partial charge in [-0.05, 0) is 24.6 Å². The molecule has 0 aliphatic carbocycles. The summed E-state index contributed by atoms with van der Waals surface area (Å²) in [6.45, 7) is 6.27. The molecule has 0 saturated carbocycles. The standard InChI is InChI=1S/C31H37N5O4S/c1-24-10-12-26(13-11-24)30(39)36(19-20-40-2)22-28(37)33-31-32-27(23-41-31)21-29(38)35-17-15-34(16-18-35)14-6-9-25-7-4-3-5-8-25/h3-13,23H,14-22H2,1-2H3,(H,32,33,37). The molecule has 2 heterocycles. The van der Waals surface area contributed by atoms with E-state index in [0.717, 1.165) is 25.2 Å². The predicted octanol–water partition coefficient (Wildman–Crippen LogP) is 3.58. The van der Waals surface area contributed by atoms with Gasteiger partial charge >= 0.3 is 0 Å². The Morgan fingerprint density at radius 3 is 2.49 bits per heavy atom. The van der Waals surface area contributed by atoms with Gasteiger partial charge in [0.05, 0.1) is 18.7 Å². The molecule has 0 bridgehead atoms. The van der Waals surface area contributed by atoms with Gasteiger partial charge in [0.15, 0.2) is 5.13 Å².